The first-order chi connectivity index (χ1) is 11.0. The molecule has 1 saturated carbocycles. The number of aromatic nitrogens is 2. The van der Waals surface area contributed by atoms with E-state index < -0.39 is 5.97 Å². The number of aryl methyl sites for hydroxylation is 1. The summed E-state index contributed by atoms with van der Waals surface area (Å²) in [5, 5.41) is 9.09. The monoisotopic (exact) mass is 318 g/mol. The maximum Gasteiger partial charge on any atom is 0.328 e. The maximum absolute atomic E-state index is 12.5. The van der Waals surface area contributed by atoms with Gasteiger partial charge in [-0.1, -0.05) is 0 Å². The van der Waals surface area contributed by atoms with Crippen LogP contribution < -0.4 is 10.4 Å². The van der Waals surface area contributed by atoms with Crippen LogP contribution in [-0.2, 0) is 18.4 Å². The number of carboxylic acid groups (broad SMARTS) is 1. The molecule has 0 bridgehead atoms. The van der Waals surface area contributed by atoms with Crippen LogP contribution >= 0.6 is 0 Å². The SMILES string of the molecule is COc1ccc2c(c1)n(CC1CCC(C(=O)O)CC1)c(=O)n2C. The Morgan fingerprint density at radius 2 is 1.96 bits per heavy atom. The minimum absolute atomic E-state index is 0.0337. The standard InChI is InChI=1S/C17H22N2O4/c1-18-14-8-7-13(23-2)9-15(14)19(17(18)22)10-11-3-5-12(6-4-11)16(20)21/h7-9,11-12H,3-6,10H2,1-2H3,(H,20,21). The lowest BCUT2D eigenvalue weighted by molar-refractivity contribution is -0.143. The highest BCUT2D eigenvalue weighted by Gasteiger charge is 2.27. The third kappa shape index (κ3) is 2.85. The van der Waals surface area contributed by atoms with Crippen molar-refractivity contribution >= 4 is 17.0 Å². The van der Waals surface area contributed by atoms with E-state index in [2.05, 4.69) is 0 Å². The van der Waals surface area contributed by atoms with Gasteiger partial charge >= 0.3 is 11.7 Å². The molecule has 1 aliphatic rings. The predicted molar refractivity (Wildman–Crippen MR) is 86.8 cm³/mol. The van der Waals surface area contributed by atoms with Crippen molar-refractivity contribution in [2.75, 3.05) is 7.11 Å². The number of nitrogens with zero attached hydrogens (tertiary/aromatic N) is 2. The number of imidazole rings is 1. The topological polar surface area (TPSA) is 73.5 Å². The summed E-state index contributed by atoms with van der Waals surface area (Å²) in [6.07, 6.45) is 3.10. The first-order valence-electron chi connectivity index (χ1n) is 7.97. The lowest BCUT2D eigenvalue weighted by atomic mass is 9.82. The lowest BCUT2D eigenvalue weighted by Gasteiger charge is -2.26. The molecule has 0 aliphatic heterocycles. The smallest absolute Gasteiger partial charge is 0.328 e. The summed E-state index contributed by atoms with van der Waals surface area (Å²) in [6.45, 7) is 0.635. The first kappa shape index (κ1) is 15.6. The lowest BCUT2D eigenvalue weighted by Crippen LogP contribution is -2.28. The van der Waals surface area contributed by atoms with Crippen LogP contribution in [0.5, 0.6) is 5.75 Å². The molecule has 1 heterocycles. The van der Waals surface area contributed by atoms with E-state index in [0.717, 1.165) is 29.6 Å². The molecule has 0 atom stereocenters. The number of carbonyl (C=O) groups is 1. The molecule has 1 aliphatic carbocycles. The van der Waals surface area contributed by atoms with Crippen molar-refractivity contribution in [2.45, 2.75) is 32.2 Å². The summed E-state index contributed by atoms with van der Waals surface area (Å²) in [5.74, 6) is 0.151. The Balaban J connectivity index is 1.87. The molecule has 0 unspecified atom stereocenters. The van der Waals surface area contributed by atoms with Crippen molar-refractivity contribution in [1.82, 2.24) is 9.13 Å². The second kappa shape index (κ2) is 6.10. The zero-order valence-electron chi connectivity index (χ0n) is 13.5. The molecule has 6 nitrogen and oxygen atoms in total. The largest absolute Gasteiger partial charge is 0.497 e. The summed E-state index contributed by atoms with van der Waals surface area (Å²) in [4.78, 5) is 23.6. The van der Waals surface area contributed by atoms with E-state index in [1.165, 1.54) is 0 Å². The summed E-state index contributed by atoms with van der Waals surface area (Å²) in [5.41, 5.74) is 1.72. The summed E-state index contributed by atoms with van der Waals surface area (Å²) < 4.78 is 8.71. The molecule has 1 N–H and O–H groups in total. The third-order valence-electron chi connectivity index (χ3n) is 4.99. The molecule has 1 aromatic carbocycles. The molecule has 1 aromatic heterocycles. The minimum atomic E-state index is -0.699. The molecule has 1 fully saturated rings. The van der Waals surface area contributed by atoms with Crippen molar-refractivity contribution in [1.29, 1.82) is 0 Å². The number of carboxylic acids is 1. The molecule has 6 heteroatoms. The van der Waals surface area contributed by atoms with Crippen LogP contribution in [0.15, 0.2) is 23.0 Å². The van der Waals surface area contributed by atoms with Gasteiger partial charge in [-0.2, -0.15) is 0 Å². The van der Waals surface area contributed by atoms with Crippen LogP contribution in [0.1, 0.15) is 25.7 Å². The number of fused-ring (bicyclic) bond motifs is 1. The van der Waals surface area contributed by atoms with Crippen LogP contribution in [0, 0.1) is 11.8 Å². The van der Waals surface area contributed by atoms with Gasteiger partial charge in [0.2, 0.25) is 0 Å². The molecule has 2 aromatic rings. The van der Waals surface area contributed by atoms with E-state index in [-0.39, 0.29) is 11.6 Å². The van der Waals surface area contributed by atoms with E-state index >= 15 is 0 Å². The number of methoxy groups -OCH3 is 1. The van der Waals surface area contributed by atoms with Crippen LogP contribution in [0.2, 0.25) is 0 Å². The van der Waals surface area contributed by atoms with Crippen molar-refractivity contribution in [3.8, 4) is 5.75 Å². The van der Waals surface area contributed by atoms with Gasteiger partial charge in [0.15, 0.2) is 0 Å². The Morgan fingerprint density at radius 3 is 2.57 bits per heavy atom. The van der Waals surface area contributed by atoms with Crippen LogP contribution in [0.25, 0.3) is 11.0 Å². The Labute approximate surface area is 134 Å². The molecular weight excluding hydrogens is 296 g/mol. The highest BCUT2D eigenvalue weighted by molar-refractivity contribution is 5.77. The Morgan fingerprint density at radius 1 is 1.26 bits per heavy atom. The van der Waals surface area contributed by atoms with Crippen molar-refractivity contribution in [3.63, 3.8) is 0 Å². The van der Waals surface area contributed by atoms with E-state index in [1.54, 1.807) is 23.3 Å². The van der Waals surface area contributed by atoms with Crippen LogP contribution in [-0.4, -0.2) is 27.3 Å². The molecule has 0 amide bonds. The van der Waals surface area contributed by atoms with E-state index in [0.29, 0.717) is 25.3 Å². The summed E-state index contributed by atoms with van der Waals surface area (Å²) in [6, 6.07) is 5.64. The van der Waals surface area contributed by atoms with Gasteiger partial charge in [-0.15, -0.1) is 0 Å². The Bertz CT molecular complexity index is 782. The number of hydrogen-bond donors (Lipinski definition) is 1. The fourth-order valence-corrected chi connectivity index (χ4v) is 3.54. The molecule has 0 saturated heterocycles. The van der Waals surface area contributed by atoms with E-state index in [4.69, 9.17) is 9.84 Å². The first-order valence-corrected chi connectivity index (χ1v) is 7.97. The number of benzene rings is 1. The summed E-state index contributed by atoms with van der Waals surface area (Å²) in [7, 11) is 3.38. The van der Waals surface area contributed by atoms with E-state index in [1.807, 2.05) is 18.2 Å². The fourth-order valence-electron chi connectivity index (χ4n) is 3.54. The zero-order chi connectivity index (χ0) is 16.6. The highest BCUT2D eigenvalue weighted by Crippen LogP contribution is 2.30. The molecular formula is C17H22N2O4. The summed E-state index contributed by atoms with van der Waals surface area (Å²) >= 11 is 0. The van der Waals surface area contributed by atoms with Crippen molar-refractivity contribution in [2.24, 2.45) is 18.9 Å². The van der Waals surface area contributed by atoms with Gasteiger partial charge in [0.1, 0.15) is 5.75 Å². The average molecular weight is 318 g/mol. The van der Waals surface area contributed by atoms with Gasteiger partial charge in [-0.3, -0.25) is 13.9 Å². The van der Waals surface area contributed by atoms with E-state index in [9.17, 15) is 9.59 Å². The van der Waals surface area contributed by atoms with Crippen molar-refractivity contribution in [3.05, 3.63) is 28.7 Å². The fraction of sp³-hybridized carbons (Fsp3) is 0.529. The number of ether oxygens (including phenoxy) is 1. The number of hydrogen-bond acceptors (Lipinski definition) is 3. The number of aliphatic carboxylic acids is 1. The molecule has 0 spiro atoms. The van der Waals surface area contributed by atoms with Crippen LogP contribution in [0.4, 0.5) is 0 Å². The second-order valence-electron chi connectivity index (χ2n) is 6.36. The maximum atomic E-state index is 12.5. The van der Waals surface area contributed by atoms with Gasteiger partial charge in [-0.05, 0) is 43.7 Å². The molecule has 124 valence electrons. The number of rotatable bonds is 4. The molecule has 3 rings (SSSR count). The molecule has 0 radical (unpaired) electrons. The minimum Gasteiger partial charge on any atom is -0.497 e. The Hall–Kier alpha value is -2.24. The van der Waals surface area contributed by atoms with Gasteiger partial charge in [-0.25, -0.2) is 4.79 Å². The van der Waals surface area contributed by atoms with Gasteiger partial charge in [0.25, 0.3) is 0 Å². The van der Waals surface area contributed by atoms with Crippen LogP contribution in [0.3, 0.4) is 0 Å². The Kier molecular flexibility index (Phi) is 4.15. The average Bonchev–Trinajstić information content (AvgIpc) is 2.80. The van der Waals surface area contributed by atoms with Gasteiger partial charge < -0.3 is 9.84 Å². The normalized spacial score (nSPS) is 21.5. The van der Waals surface area contributed by atoms with Crippen molar-refractivity contribution < 1.29 is 14.6 Å². The quantitative estimate of drug-likeness (QED) is 0.938. The third-order valence-corrected chi connectivity index (χ3v) is 4.99. The highest BCUT2D eigenvalue weighted by atomic mass is 16.5. The molecule has 23 heavy (non-hydrogen) atoms. The second-order valence-corrected chi connectivity index (χ2v) is 6.36. The zero-order valence-corrected chi connectivity index (χ0v) is 13.5. The van der Waals surface area contributed by atoms with Gasteiger partial charge in [0.05, 0.1) is 24.1 Å². The predicted octanol–water partition coefficient (Wildman–Crippen LogP) is 2.24. The van der Waals surface area contributed by atoms with Gasteiger partial charge in [0, 0.05) is 19.7 Å².